The van der Waals surface area contributed by atoms with Gasteiger partial charge >= 0.3 is 0 Å². The van der Waals surface area contributed by atoms with E-state index in [-0.39, 0.29) is 5.92 Å². The van der Waals surface area contributed by atoms with Crippen LogP contribution in [0.2, 0.25) is 0 Å². The van der Waals surface area contributed by atoms with Gasteiger partial charge < -0.3 is 9.42 Å². The van der Waals surface area contributed by atoms with Crippen molar-refractivity contribution in [1.29, 1.82) is 0 Å². The van der Waals surface area contributed by atoms with Gasteiger partial charge in [-0.3, -0.25) is 9.69 Å². The number of hydrogen-bond donors (Lipinski definition) is 0. The van der Waals surface area contributed by atoms with Crippen LogP contribution < -0.4 is 0 Å². The molecule has 25 heavy (non-hydrogen) atoms. The molecule has 1 fully saturated rings. The Morgan fingerprint density at radius 2 is 2.04 bits per heavy atom. The quantitative estimate of drug-likeness (QED) is 0.863. The van der Waals surface area contributed by atoms with Crippen LogP contribution in [0.1, 0.15) is 41.3 Å². The summed E-state index contributed by atoms with van der Waals surface area (Å²) in [5.74, 6) is 1.21. The molecule has 2 aromatic rings. The second-order valence-electron chi connectivity index (χ2n) is 7.17. The van der Waals surface area contributed by atoms with Gasteiger partial charge in [-0.1, -0.05) is 29.4 Å². The first kappa shape index (κ1) is 16.3. The van der Waals surface area contributed by atoms with Gasteiger partial charge in [0.05, 0.1) is 11.6 Å². The van der Waals surface area contributed by atoms with E-state index in [4.69, 9.17) is 4.52 Å². The number of amides is 1. The Balaban J connectivity index is 1.37. The number of rotatable bonds is 3. The molecule has 0 bridgehead atoms. The molecule has 0 spiro atoms. The Morgan fingerprint density at radius 3 is 2.80 bits per heavy atom. The van der Waals surface area contributed by atoms with Crippen LogP contribution in [0.3, 0.4) is 0 Å². The van der Waals surface area contributed by atoms with E-state index in [1.54, 1.807) is 0 Å². The summed E-state index contributed by atoms with van der Waals surface area (Å²) in [5.41, 5.74) is 3.57. The third-order valence-electron chi connectivity index (χ3n) is 5.41. The van der Waals surface area contributed by atoms with Crippen molar-refractivity contribution in [1.82, 2.24) is 15.0 Å². The van der Waals surface area contributed by atoms with E-state index >= 15 is 0 Å². The van der Waals surface area contributed by atoms with E-state index in [0.29, 0.717) is 5.91 Å². The Hall–Kier alpha value is -2.14. The fourth-order valence-electron chi connectivity index (χ4n) is 4.08. The molecule has 2 aliphatic rings. The van der Waals surface area contributed by atoms with Crippen LogP contribution in [0.5, 0.6) is 0 Å². The van der Waals surface area contributed by atoms with E-state index in [1.807, 2.05) is 13.0 Å². The van der Waals surface area contributed by atoms with Gasteiger partial charge in [0.15, 0.2) is 0 Å². The van der Waals surface area contributed by atoms with Crippen molar-refractivity contribution in [2.24, 2.45) is 0 Å². The zero-order valence-corrected chi connectivity index (χ0v) is 14.8. The normalized spacial score (nSPS) is 21.2. The first-order valence-corrected chi connectivity index (χ1v) is 9.22. The molecule has 0 N–H and O–H groups in total. The minimum atomic E-state index is 0.0506. The van der Waals surface area contributed by atoms with Gasteiger partial charge in [0.1, 0.15) is 5.76 Å². The van der Waals surface area contributed by atoms with Gasteiger partial charge in [-0.05, 0) is 37.3 Å². The van der Waals surface area contributed by atoms with Gasteiger partial charge in [0, 0.05) is 38.8 Å². The highest BCUT2D eigenvalue weighted by molar-refractivity contribution is 5.84. The third kappa shape index (κ3) is 3.47. The average Bonchev–Trinajstić information content (AvgIpc) is 3.06. The maximum Gasteiger partial charge on any atom is 0.230 e. The van der Waals surface area contributed by atoms with Gasteiger partial charge in [-0.15, -0.1) is 0 Å². The Kier molecular flexibility index (Phi) is 4.57. The van der Waals surface area contributed by atoms with Crippen LogP contribution in [0.25, 0.3) is 0 Å². The van der Waals surface area contributed by atoms with Crippen molar-refractivity contribution in [2.45, 2.75) is 38.6 Å². The van der Waals surface area contributed by atoms with Gasteiger partial charge in [0.2, 0.25) is 5.91 Å². The van der Waals surface area contributed by atoms with Crippen LogP contribution in [-0.2, 0) is 17.8 Å². The van der Waals surface area contributed by atoms with Crippen LogP contribution in [0.15, 0.2) is 34.9 Å². The van der Waals surface area contributed by atoms with Gasteiger partial charge in [0.25, 0.3) is 0 Å². The predicted molar refractivity (Wildman–Crippen MR) is 95.2 cm³/mol. The van der Waals surface area contributed by atoms with E-state index in [0.717, 1.165) is 63.4 Å². The van der Waals surface area contributed by atoms with Crippen LogP contribution in [0, 0.1) is 6.92 Å². The second-order valence-corrected chi connectivity index (χ2v) is 7.17. The number of fused-ring (bicyclic) bond motifs is 1. The maximum absolute atomic E-state index is 13.1. The summed E-state index contributed by atoms with van der Waals surface area (Å²) >= 11 is 0. The van der Waals surface area contributed by atoms with E-state index in [2.05, 4.69) is 39.2 Å². The smallest absolute Gasteiger partial charge is 0.230 e. The number of carbonyl (C=O) groups is 1. The number of benzene rings is 1. The Labute approximate surface area is 148 Å². The summed E-state index contributed by atoms with van der Waals surface area (Å²) in [7, 11) is 0. The largest absolute Gasteiger partial charge is 0.361 e. The predicted octanol–water partition coefficient (Wildman–Crippen LogP) is 2.75. The Morgan fingerprint density at radius 1 is 1.24 bits per heavy atom. The highest BCUT2D eigenvalue weighted by Gasteiger charge is 2.31. The van der Waals surface area contributed by atoms with Gasteiger partial charge in [-0.25, -0.2) is 0 Å². The Bertz CT molecular complexity index is 747. The summed E-state index contributed by atoms with van der Waals surface area (Å²) in [5, 5.41) is 4.07. The second kappa shape index (κ2) is 7.00. The molecule has 2 heterocycles. The topological polar surface area (TPSA) is 49.6 Å². The molecular formula is C20H25N3O2. The highest BCUT2D eigenvalue weighted by atomic mass is 16.5. The molecule has 5 nitrogen and oxygen atoms in total. The van der Waals surface area contributed by atoms with Crippen molar-refractivity contribution < 1.29 is 9.32 Å². The summed E-state index contributed by atoms with van der Waals surface area (Å²) in [6.45, 7) is 6.10. The van der Waals surface area contributed by atoms with Crippen molar-refractivity contribution in [2.75, 3.05) is 26.2 Å². The molecule has 1 aromatic heterocycles. The molecule has 4 rings (SSSR count). The summed E-state index contributed by atoms with van der Waals surface area (Å²) in [6, 6.07) is 10.4. The minimum Gasteiger partial charge on any atom is -0.361 e. The standard InChI is InChI=1S/C20H25N3O2/c1-15-13-17(21-25-15)14-22-9-11-23(12-10-22)20(24)19-8-4-6-16-5-2-3-7-18(16)19/h2-3,5,7,13,19H,4,6,8-12,14H2,1H3. The molecule has 1 amide bonds. The van der Waals surface area contributed by atoms with Crippen LogP contribution in [0.4, 0.5) is 0 Å². The summed E-state index contributed by atoms with van der Waals surface area (Å²) in [6.07, 6.45) is 3.19. The lowest BCUT2D eigenvalue weighted by molar-refractivity contribution is -0.135. The number of carbonyl (C=O) groups excluding carboxylic acids is 1. The fraction of sp³-hybridized carbons (Fsp3) is 0.500. The number of piperazine rings is 1. The molecule has 0 radical (unpaired) electrons. The van der Waals surface area contributed by atoms with E-state index < -0.39 is 0 Å². The van der Waals surface area contributed by atoms with Crippen molar-refractivity contribution in [3.05, 3.63) is 52.9 Å². The SMILES string of the molecule is Cc1cc(CN2CCN(C(=O)C3CCCc4ccccc43)CC2)no1. The monoisotopic (exact) mass is 339 g/mol. The van der Waals surface area contributed by atoms with Crippen LogP contribution in [-0.4, -0.2) is 47.0 Å². The molecule has 1 aromatic carbocycles. The van der Waals surface area contributed by atoms with E-state index in [1.165, 1.54) is 11.1 Å². The molecule has 0 saturated carbocycles. The number of aryl methyl sites for hydroxylation is 2. The van der Waals surface area contributed by atoms with Crippen molar-refractivity contribution >= 4 is 5.91 Å². The van der Waals surface area contributed by atoms with E-state index in [9.17, 15) is 4.79 Å². The first-order chi connectivity index (χ1) is 12.2. The first-order valence-electron chi connectivity index (χ1n) is 9.22. The summed E-state index contributed by atoms with van der Waals surface area (Å²) < 4.78 is 5.14. The van der Waals surface area contributed by atoms with Crippen molar-refractivity contribution in [3.63, 3.8) is 0 Å². The fourth-order valence-corrected chi connectivity index (χ4v) is 4.08. The minimum absolute atomic E-state index is 0.0506. The third-order valence-corrected chi connectivity index (χ3v) is 5.41. The highest BCUT2D eigenvalue weighted by Crippen LogP contribution is 2.33. The number of hydrogen-bond acceptors (Lipinski definition) is 4. The lowest BCUT2D eigenvalue weighted by atomic mass is 9.82. The average molecular weight is 339 g/mol. The maximum atomic E-state index is 13.1. The zero-order valence-electron chi connectivity index (χ0n) is 14.8. The number of nitrogens with zero attached hydrogens (tertiary/aromatic N) is 3. The lowest BCUT2D eigenvalue weighted by Crippen LogP contribution is -2.49. The molecule has 1 atom stereocenters. The molecule has 132 valence electrons. The van der Waals surface area contributed by atoms with Crippen molar-refractivity contribution in [3.8, 4) is 0 Å². The molecule has 1 saturated heterocycles. The van der Waals surface area contributed by atoms with Gasteiger partial charge in [-0.2, -0.15) is 0 Å². The molecule has 1 unspecified atom stereocenters. The zero-order chi connectivity index (χ0) is 17.2. The number of aromatic nitrogens is 1. The molecule has 5 heteroatoms. The molecule has 1 aliphatic carbocycles. The molecular weight excluding hydrogens is 314 g/mol. The van der Waals surface area contributed by atoms with Crippen LogP contribution >= 0.6 is 0 Å². The lowest BCUT2D eigenvalue weighted by Gasteiger charge is -2.37. The summed E-state index contributed by atoms with van der Waals surface area (Å²) in [4.78, 5) is 17.5. The molecule has 1 aliphatic heterocycles.